The van der Waals surface area contributed by atoms with Crippen LogP contribution >= 0.6 is 11.6 Å². The van der Waals surface area contributed by atoms with Crippen molar-refractivity contribution < 1.29 is 9.50 Å². The van der Waals surface area contributed by atoms with Crippen LogP contribution in [0.4, 0.5) is 15.9 Å². The molecule has 1 heterocycles. The van der Waals surface area contributed by atoms with Crippen LogP contribution in [0.15, 0.2) is 36.5 Å². The van der Waals surface area contributed by atoms with Gasteiger partial charge in [-0.05, 0) is 24.3 Å². The third-order valence-electron chi connectivity index (χ3n) is 2.24. The topological polar surface area (TPSA) is 45.2 Å². The molecule has 0 aliphatic carbocycles. The average molecular weight is 253 g/mol. The van der Waals surface area contributed by atoms with Gasteiger partial charge in [-0.3, -0.25) is 0 Å². The number of nitrogens with zero attached hydrogens (tertiary/aromatic N) is 1. The van der Waals surface area contributed by atoms with Crippen LogP contribution in [-0.2, 0) is 6.61 Å². The van der Waals surface area contributed by atoms with E-state index >= 15 is 0 Å². The van der Waals surface area contributed by atoms with Gasteiger partial charge in [0.15, 0.2) is 0 Å². The quantitative estimate of drug-likeness (QED) is 0.882. The van der Waals surface area contributed by atoms with E-state index in [1.807, 2.05) is 0 Å². The molecule has 1 aromatic carbocycles. The molecule has 17 heavy (non-hydrogen) atoms. The van der Waals surface area contributed by atoms with Gasteiger partial charge in [-0.15, -0.1) is 0 Å². The second kappa shape index (κ2) is 5.12. The first-order valence-corrected chi connectivity index (χ1v) is 5.35. The Kier molecular flexibility index (Phi) is 3.56. The summed E-state index contributed by atoms with van der Waals surface area (Å²) in [5.74, 6) is 0.0540. The van der Waals surface area contributed by atoms with E-state index in [1.54, 1.807) is 24.4 Å². The number of pyridine rings is 1. The van der Waals surface area contributed by atoms with Crippen molar-refractivity contribution in [3.63, 3.8) is 0 Å². The molecule has 0 bridgehead atoms. The lowest BCUT2D eigenvalue weighted by molar-refractivity contribution is 0.282. The molecule has 0 saturated heterocycles. The summed E-state index contributed by atoms with van der Waals surface area (Å²) < 4.78 is 13.0. The van der Waals surface area contributed by atoms with Gasteiger partial charge in [0.25, 0.3) is 0 Å². The van der Waals surface area contributed by atoms with E-state index in [9.17, 15) is 4.39 Å². The molecule has 0 saturated carbocycles. The minimum atomic E-state index is -0.472. The number of anilines is 2. The van der Waals surface area contributed by atoms with Gasteiger partial charge in [-0.2, -0.15) is 0 Å². The molecule has 88 valence electrons. The third kappa shape index (κ3) is 2.72. The predicted octanol–water partition coefficient (Wildman–Crippen LogP) is 3.11. The van der Waals surface area contributed by atoms with E-state index < -0.39 is 5.82 Å². The van der Waals surface area contributed by atoms with Crippen molar-refractivity contribution in [3.05, 3.63) is 52.9 Å². The van der Waals surface area contributed by atoms with Gasteiger partial charge in [-0.25, -0.2) is 9.37 Å². The highest BCUT2D eigenvalue weighted by Gasteiger charge is 2.04. The molecule has 3 nitrogen and oxygen atoms in total. The molecular weight excluding hydrogens is 243 g/mol. The number of nitrogens with one attached hydrogen (secondary N) is 1. The summed E-state index contributed by atoms with van der Waals surface area (Å²) in [6.45, 7) is -0.120. The largest absolute Gasteiger partial charge is 0.392 e. The Morgan fingerprint density at radius 1 is 1.35 bits per heavy atom. The highest BCUT2D eigenvalue weighted by molar-refractivity contribution is 6.31. The van der Waals surface area contributed by atoms with Gasteiger partial charge in [0.1, 0.15) is 11.6 Å². The van der Waals surface area contributed by atoms with E-state index in [0.29, 0.717) is 17.1 Å². The number of hydrogen-bond acceptors (Lipinski definition) is 3. The normalized spacial score (nSPS) is 10.3. The minimum absolute atomic E-state index is 0.0384. The zero-order chi connectivity index (χ0) is 12.3. The summed E-state index contributed by atoms with van der Waals surface area (Å²) in [5.41, 5.74) is 1.28. The molecule has 0 radical (unpaired) electrons. The molecule has 2 N–H and O–H groups in total. The van der Waals surface area contributed by atoms with Gasteiger partial charge in [0, 0.05) is 17.4 Å². The Hall–Kier alpha value is -1.65. The Bertz CT molecular complexity index is 534. The lowest BCUT2D eigenvalue weighted by Crippen LogP contribution is -1.98. The van der Waals surface area contributed by atoms with Crippen LogP contribution in [0, 0.1) is 5.82 Å². The standard InChI is InChI=1S/C12H10ClFN2O/c13-10-6-9(3-4-11(10)14)16-12-8(7-17)2-1-5-15-12/h1-6,17H,7H2,(H,15,16). The molecule has 0 spiro atoms. The number of aliphatic hydroxyl groups is 1. The highest BCUT2D eigenvalue weighted by Crippen LogP contribution is 2.23. The minimum Gasteiger partial charge on any atom is -0.392 e. The SMILES string of the molecule is OCc1cccnc1Nc1ccc(F)c(Cl)c1. The lowest BCUT2D eigenvalue weighted by Gasteiger charge is -2.09. The van der Waals surface area contributed by atoms with Crippen molar-refractivity contribution in [1.29, 1.82) is 0 Å². The zero-order valence-electron chi connectivity index (χ0n) is 8.82. The number of hydrogen-bond donors (Lipinski definition) is 2. The molecule has 5 heteroatoms. The van der Waals surface area contributed by atoms with Crippen LogP contribution in [0.25, 0.3) is 0 Å². The van der Waals surface area contributed by atoms with Crippen molar-refractivity contribution in [2.24, 2.45) is 0 Å². The number of aliphatic hydroxyl groups excluding tert-OH is 1. The maximum absolute atomic E-state index is 13.0. The maximum Gasteiger partial charge on any atom is 0.141 e. The first kappa shape index (κ1) is 11.8. The van der Waals surface area contributed by atoms with Gasteiger partial charge in [0.2, 0.25) is 0 Å². The maximum atomic E-state index is 13.0. The number of halogens is 2. The number of benzene rings is 1. The number of rotatable bonds is 3. The van der Waals surface area contributed by atoms with Crippen molar-refractivity contribution in [1.82, 2.24) is 4.98 Å². The van der Waals surface area contributed by atoms with Crippen LogP contribution in [0.2, 0.25) is 5.02 Å². The molecule has 0 aliphatic heterocycles. The van der Waals surface area contributed by atoms with E-state index in [0.717, 1.165) is 0 Å². The Morgan fingerprint density at radius 3 is 2.88 bits per heavy atom. The molecule has 2 rings (SSSR count). The fourth-order valence-corrected chi connectivity index (χ4v) is 1.57. The van der Waals surface area contributed by atoms with Crippen LogP contribution in [0.3, 0.4) is 0 Å². The molecule has 0 unspecified atom stereocenters. The van der Waals surface area contributed by atoms with Gasteiger partial charge in [0.05, 0.1) is 11.6 Å². The fraction of sp³-hybridized carbons (Fsp3) is 0.0833. The molecule has 0 atom stereocenters. The molecular formula is C12H10ClFN2O. The summed E-state index contributed by atoms with van der Waals surface area (Å²) >= 11 is 5.67. The third-order valence-corrected chi connectivity index (χ3v) is 2.53. The molecule has 0 fully saturated rings. The average Bonchev–Trinajstić information content (AvgIpc) is 2.34. The van der Waals surface area contributed by atoms with Crippen molar-refractivity contribution in [3.8, 4) is 0 Å². The smallest absolute Gasteiger partial charge is 0.141 e. The van der Waals surface area contributed by atoms with E-state index in [2.05, 4.69) is 10.3 Å². The second-order valence-electron chi connectivity index (χ2n) is 3.42. The van der Waals surface area contributed by atoms with Crippen molar-refractivity contribution in [2.75, 3.05) is 5.32 Å². The van der Waals surface area contributed by atoms with Crippen LogP contribution < -0.4 is 5.32 Å². The summed E-state index contributed by atoms with van der Waals surface area (Å²) in [4.78, 5) is 4.09. The van der Waals surface area contributed by atoms with Crippen LogP contribution in [0.1, 0.15) is 5.56 Å². The summed E-state index contributed by atoms with van der Waals surface area (Å²) in [7, 11) is 0. The second-order valence-corrected chi connectivity index (χ2v) is 3.83. The van der Waals surface area contributed by atoms with E-state index in [-0.39, 0.29) is 11.6 Å². The molecule has 2 aromatic rings. The van der Waals surface area contributed by atoms with Gasteiger partial charge >= 0.3 is 0 Å². The zero-order valence-corrected chi connectivity index (χ0v) is 9.58. The fourth-order valence-electron chi connectivity index (χ4n) is 1.39. The highest BCUT2D eigenvalue weighted by atomic mass is 35.5. The van der Waals surface area contributed by atoms with Crippen LogP contribution in [-0.4, -0.2) is 10.1 Å². The summed E-state index contributed by atoms with van der Waals surface area (Å²) in [6.07, 6.45) is 1.60. The number of aromatic nitrogens is 1. The van der Waals surface area contributed by atoms with Crippen LogP contribution in [0.5, 0.6) is 0 Å². The molecule has 1 aromatic heterocycles. The van der Waals surface area contributed by atoms with Crippen molar-refractivity contribution >= 4 is 23.1 Å². The Labute approximate surface area is 103 Å². The summed E-state index contributed by atoms with van der Waals surface area (Å²) in [5, 5.41) is 12.1. The predicted molar refractivity (Wildman–Crippen MR) is 64.9 cm³/mol. The van der Waals surface area contributed by atoms with Gasteiger partial charge in [-0.1, -0.05) is 17.7 Å². The summed E-state index contributed by atoms with van der Waals surface area (Å²) in [6, 6.07) is 7.77. The Morgan fingerprint density at radius 2 is 2.18 bits per heavy atom. The van der Waals surface area contributed by atoms with E-state index in [4.69, 9.17) is 16.7 Å². The van der Waals surface area contributed by atoms with Crippen molar-refractivity contribution in [2.45, 2.75) is 6.61 Å². The van der Waals surface area contributed by atoms with Gasteiger partial charge < -0.3 is 10.4 Å². The monoisotopic (exact) mass is 252 g/mol. The molecule has 0 amide bonds. The first-order valence-electron chi connectivity index (χ1n) is 4.97. The first-order chi connectivity index (χ1) is 8.20. The Balaban J connectivity index is 2.28. The molecule has 0 aliphatic rings. The van der Waals surface area contributed by atoms with E-state index in [1.165, 1.54) is 12.1 Å². The lowest BCUT2D eigenvalue weighted by atomic mass is 10.2.